The fraction of sp³-hybridized carbons (Fsp3) is 0.900. The van der Waals surface area contributed by atoms with E-state index in [2.05, 4.69) is 18.7 Å². The Morgan fingerprint density at radius 2 is 2.15 bits per heavy atom. The van der Waals surface area contributed by atoms with Crippen molar-refractivity contribution in [3.05, 3.63) is 0 Å². The molecule has 0 saturated carbocycles. The molecular formula is C10H20N2O. The van der Waals surface area contributed by atoms with Crippen molar-refractivity contribution in [2.75, 3.05) is 26.2 Å². The third kappa shape index (κ3) is 2.69. The van der Waals surface area contributed by atoms with Gasteiger partial charge in [-0.15, -0.1) is 0 Å². The minimum absolute atomic E-state index is 0.470. The molecule has 1 aliphatic rings. The summed E-state index contributed by atoms with van der Waals surface area (Å²) in [6.45, 7) is 8.51. The highest BCUT2D eigenvalue weighted by Crippen LogP contribution is 2.15. The molecule has 3 nitrogen and oxygen atoms in total. The van der Waals surface area contributed by atoms with Crippen LogP contribution in [-0.4, -0.2) is 48.4 Å². The minimum Gasteiger partial charge on any atom is -0.341 e. The molecule has 0 radical (unpaired) electrons. The predicted octanol–water partition coefficient (Wildman–Crippen LogP) is 0.949. The van der Waals surface area contributed by atoms with Gasteiger partial charge < -0.3 is 9.80 Å². The van der Waals surface area contributed by atoms with Gasteiger partial charge in [0.25, 0.3) is 0 Å². The monoisotopic (exact) mass is 184 g/mol. The highest BCUT2D eigenvalue weighted by Gasteiger charge is 2.23. The van der Waals surface area contributed by atoms with E-state index in [0.717, 1.165) is 32.6 Å². The van der Waals surface area contributed by atoms with E-state index >= 15 is 0 Å². The zero-order chi connectivity index (χ0) is 9.68. The van der Waals surface area contributed by atoms with Crippen LogP contribution in [-0.2, 0) is 4.79 Å². The third-order valence-corrected chi connectivity index (χ3v) is 2.92. The van der Waals surface area contributed by atoms with Gasteiger partial charge in [0.15, 0.2) is 0 Å². The van der Waals surface area contributed by atoms with E-state index in [-0.39, 0.29) is 0 Å². The first-order valence-corrected chi connectivity index (χ1v) is 5.25. The van der Waals surface area contributed by atoms with E-state index in [9.17, 15) is 4.79 Å². The predicted molar refractivity (Wildman–Crippen MR) is 53.6 cm³/mol. The van der Waals surface area contributed by atoms with Gasteiger partial charge in [0.05, 0.1) is 0 Å². The smallest absolute Gasteiger partial charge is 0.209 e. The van der Waals surface area contributed by atoms with Gasteiger partial charge in [-0.2, -0.15) is 0 Å². The number of rotatable bonds is 5. The Bertz CT molecular complexity index is 157. The van der Waals surface area contributed by atoms with Crippen molar-refractivity contribution in [2.24, 2.45) is 0 Å². The summed E-state index contributed by atoms with van der Waals surface area (Å²) in [6, 6.07) is 0.470. The largest absolute Gasteiger partial charge is 0.341 e. The molecule has 1 heterocycles. The Balaban J connectivity index is 2.37. The van der Waals surface area contributed by atoms with Crippen LogP contribution >= 0.6 is 0 Å². The number of amides is 1. The lowest BCUT2D eigenvalue weighted by Crippen LogP contribution is -2.39. The molecule has 1 fully saturated rings. The summed E-state index contributed by atoms with van der Waals surface area (Å²) in [5.41, 5.74) is 0. The maximum absolute atomic E-state index is 10.7. The Hall–Kier alpha value is -0.570. The average molecular weight is 184 g/mol. The van der Waals surface area contributed by atoms with Crippen molar-refractivity contribution >= 4 is 6.41 Å². The standard InChI is InChI=1S/C10H20N2O/c1-3-11(4-2)8-10-6-5-7-12(10)9-13/h9-10H,3-8H2,1-2H3. The van der Waals surface area contributed by atoms with Crippen molar-refractivity contribution in [2.45, 2.75) is 32.7 Å². The zero-order valence-electron chi connectivity index (χ0n) is 8.70. The van der Waals surface area contributed by atoms with Crippen LogP contribution in [0.2, 0.25) is 0 Å². The van der Waals surface area contributed by atoms with Crippen LogP contribution in [0.4, 0.5) is 0 Å². The van der Waals surface area contributed by atoms with Gasteiger partial charge in [-0.1, -0.05) is 13.8 Å². The first kappa shape index (κ1) is 10.5. The van der Waals surface area contributed by atoms with E-state index in [0.29, 0.717) is 6.04 Å². The molecular weight excluding hydrogens is 164 g/mol. The summed E-state index contributed by atoms with van der Waals surface area (Å²) >= 11 is 0. The van der Waals surface area contributed by atoms with Gasteiger partial charge in [-0.05, 0) is 25.9 Å². The van der Waals surface area contributed by atoms with Gasteiger partial charge in [-0.25, -0.2) is 0 Å². The summed E-state index contributed by atoms with van der Waals surface area (Å²) in [5.74, 6) is 0. The summed E-state index contributed by atoms with van der Waals surface area (Å²) in [5, 5.41) is 0. The van der Waals surface area contributed by atoms with Crippen LogP contribution in [0.15, 0.2) is 0 Å². The molecule has 3 heteroatoms. The number of hydrogen-bond acceptors (Lipinski definition) is 2. The molecule has 0 N–H and O–H groups in total. The molecule has 0 aromatic heterocycles. The zero-order valence-corrected chi connectivity index (χ0v) is 8.70. The van der Waals surface area contributed by atoms with Gasteiger partial charge >= 0.3 is 0 Å². The fourth-order valence-electron chi connectivity index (χ4n) is 1.97. The van der Waals surface area contributed by atoms with Crippen LogP contribution in [0.25, 0.3) is 0 Å². The van der Waals surface area contributed by atoms with E-state index in [4.69, 9.17) is 0 Å². The topological polar surface area (TPSA) is 23.6 Å². The molecule has 76 valence electrons. The van der Waals surface area contributed by atoms with E-state index in [1.807, 2.05) is 4.90 Å². The molecule has 0 spiro atoms. The lowest BCUT2D eigenvalue weighted by molar-refractivity contribution is -0.119. The molecule has 1 rings (SSSR count). The van der Waals surface area contributed by atoms with Crippen LogP contribution < -0.4 is 0 Å². The van der Waals surface area contributed by atoms with E-state index in [1.165, 1.54) is 12.8 Å². The molecule has 1 amide bonds. The lowest BCUT2D eigenvalue weighted by Gasteiger charge is -2.26. The van der Waals surface area contributed by atoms with E-state index in [1.54, 1.807) is 0 Å². The van der Waals surface area contributed by atoms with Crippen LogP contribution in [0.5, 0.6) is 0 Å². The van der Waals surface area contributed by atoms with Crippen molar-refractivity contribution < 1.29 is 4.79 Å². The molecule has 0 aliphatic carbocycles. The molecule has 0 aromatic carbocycles. The van der Waals surface area contributed by atoms with Crippen molar-refractivity contribution in [1.29, 1.82) is 0 Å². The molecule has 1 atom stereocenters. The maximum Gasteiger partial charge on any atom is 0.209 e. The molecule has 13 heavy (non-hydrogen) atoms. The van der Waals surface area contributed by atoms with Gasteiger partial charge in [0.1, 0.15) is 0 Å². The summed E-state index contributed by atoms with van der Waals surface area (Å²) < 4.78 is 0. The van der Waals surface area contributed by atoms with Crippen molar-refractivity contribution in [1.82, 2.24) is 9.80 Å². The number of likely N-dealkylation sites (N-methyl/N-ethyl adjacent to an activating group) is 1. The van der Waals surface area contributed by atoms with Crippen LogP contribution in [0.3, 0.4) is 0 Å². The van der Waals surface area contributed by atoms with E-state index < -0.39 is 0 Å². The Kier molecular flexibility index (Phi) is 4.22. The Morgan fingerprint density at radius 3 is 2.69 bits per heavy atom. The summed E-state index contributed by atoms with van der Waals surface area (Å²) in [7, 11) is 0. The molecule has 0 aromatic rings. The first-order valence-electron chi connectivity index (χ1n) is 5.25. The average Bonchev–Trinajstić information content (AvgIpc) is 2.61. The summed E-state index contributed by atoms with van der Waals surface area (Å²) in [6.07, 6.45) is 3.35. The lowest BCUT2D eigenvalue weighted by atomic mass is 10.2. The fourth-order valence-corrected chi connectivity index (χ4v) is 1.97. The third-order valence-electron chi connectivity index (χ3n) is 2.92. The second-order valence-corrected chi connectivity index (χ2v) is 3.63. The number of nitrogens with zero attached hydrogens (tertiary/aromatic N) is 2. The van der Waals surface area contributed by atoms with Crippen molar-refractivity contribution in [3.8, 4) is 0 Å². The maximum atomic E-state index is 10.7. The molecule has 1 saturated heterocycles. The van der Waals surface area contributed by atoms with Crippen LogP contribution in [0.1, 0.15) is 26.7 Å². The molecule has 1 aliphatic heterocycles. The number of likely N-dealkylation sites (tertiary alicyclic amines) is 1. The second kappa shape index (κ2) is 5.22. The highest BCUT2D eigenvalue weighted by atomic mass is 16.1. The molecule has 0 bridgehead atoms. The number of carbonyl (C=O) groups is 1. The number of hydrogen-bond donors (Lipinski definition) is 0. The van der Waals surface area contributed by atoms with Crippen LogP contribution in [0, 0.1) is 0 Å². The second-order valence-electron chi connectivity index (χ2n) is 3.63. The van der Waals surface area contributed by atoms with Gasteiger partial charge in [0, 0.05) is 19.1 Å². The molecule has 1 unspecified atom stereocenters. The summed E-state index contributed by atoms with van der Waals surface area (Å²) in [4.78, 5) is 15.0. The Labute approximate surface area is 80.7 Å². The SMILES string of the molecule is CCN(CC)CC1CCCN1C=O. The van der Waals surface area contributed by atoms with Crippen molar-refractivity contribution in [3.63, 3.8) is 0 Å². The van der Waals surface area contributed by atoms with Gasteiger partial charge in [0.2, 0.25) is 6.41 Å². The Morgan fingerprint density at radius 1 is 1.46 bits per heavy atom. The highest BCUT2D eigenvalue weighted by molar-refractivity contribution is 5.48. The number of carbonyl (C=O) groups excluding carboxylic acids is 1. The quantitative estimate of drug-likeness (QED) is 0.594. The first-order chi connectivity index (χ1) is 6.31. The minimum atomic E-state index is 0.470. The normalized spacial score (nSPS) is 22.7. The van der Waals surface area contributed by atoms with Gasteiger partial charge in [-0.3, -0.25) is 4.79 Å².